The van der Waals surface area contributed by atoms with Gasteiger partial charge in [0.2, 0.25) is 5.91 Å². The minimum atomic E-state index is -1.11. The molecule has 1 aromatic carbocycles. The second-order valence-corrected chi connectivity index (χ2v) is 10.6. The highest BCUT2D eigenvalue weighted by Crippen LogP contribution is 2.26. The molecule has 4 rings (SSSR count). The molecule has 39 heavy (non-hydrogen) atoms. The topological polar surface area (TPSA) is 96.5 Å². The monoisotopic (exact) mass is 543 g/mol. The first-order valence-corrected chi connectivity index (χ1v) is 14.0. The van der Waals surface area contributed by atoms with Crippen LogP contribution in [0.15, 0.2) is 30.6 Å². The molecule has 1 unspecified atom stereocenters. The van der Waals surface area contributed by atoms with Gasteiger partial charge in [-0.05, 0) is 76.2 Å². The molecule has 10 heteroatoms. The van der Waals surface area contributed by atoms with Crippen LogP contribution >= 0.6 is 0 Å². The molecule has 3 heterocycles. The summed E-state index contributed by atoms with van der Waals surface area (Å²) in [5.74, 6) is -0.772. The first-order chi connectivity index (χ1) is 18.8. The number of imide groups is 1. The standard InChI is InChI=1S/C29H39F2N5O3/c1-3-29(31,4-2)19-36-13-10-20(11-14-36)18-39-22-16-33-26(34-17-22)21-8-9-23(24(30)15-21)27(37)35-28(38)25-7-5-6-12-32-25/h8-9,15-17,20,25,32H,3-7,10-14,18-19H2,1-2H3,(H,35,37,38). The maximum absolute atomic E-state index is 14.8. The predicted octanol–water partition coefficient (Wildman–Crippen LogP) is 4.30. The number of halogens is 2. The average molecular weight is 544 g/mol. The van der Waals surface area contributed by atoms with Crippen molar-refractivity contribution in [3.63, 3.8) is 0 Å². The fraction of sp³-hybridized carbons (Fsp3) is 0.586. The number of hydrogen-bond acceptors (Lipinski definition) is 7. The highest BCUT2D eigenvalue weighted by Gasteiger charge is 2.30. The van der Waals surface area contributed by atoms with Crippen LogP contribution in [0.1, 0.15) is 69.2 Å². The molecule has 2 aromatic rings. The van der Waals surface area contributed by atoms with Gasteiger partial charge in [0.1, 0.15) is 11.5 Å². The maximum Gasteiger partial charge on any atom is 0.260 e. The minimum Gasteiger partial charge on any atom is -0.490 e. The molecule has 2 amide bonds. The van der Waals surface area contributed by atoms with Gasteiger partial charge in [-0.3, -0.25) is 14.9 Å². The van der Waals surface area contributed by atoms with Crippen molar-refractivity contribution in [1.82, 2.24) is 25.5 Å². The largest absolute Gasteiger partial charge is 0.490 e. The smallest absolute Gasteiger partial charge is 0.260 e. The lowest BCUT2D eigenvalue weighted by molar-refractivity contribution is -0.122. The van der Waals surface area contributed by atoms with Gasteiger partial charge in [-0.25, -0.2) is 18.7 Å². The number of benzene rings is 1. The summed E-state index contributed by atoms with van der Waals surface area (Å²) >= 11 is 0. The van der Waals surface area contributed by atoms with Crippen LogP contribution in [0.5, 0.6) is 5.75 Å². The van der Waals surface area contributed by atoms with E-state index in [0.717, 1.165) is 45.3 Å². The van der Waals surface area contributed by atoms with Gasteiger partial charge >= 0.3 is 0 Å². The average Bonchev–Trinajstić information content (AvgIpc) is 2.97. The third kappa shape index (κ3) is 7.79. The summed E-state index contributed by atoms with van der Waals surface area (Å²) in [6.07, 6.45) is 8.61. The fourth-order valence-corrected chi connectivity index (χ4v) is 5.12. The van der Waals surface area contributed by atoms with Crippen molar-refractivity contribution >= 4 is 11.8 Å². The maximum atomic E-state index is 14.8. The minimum absolute atomic E-state index is 0.212. The van der Waals surface area contributed by atoms with Crippen LogP contribution in [0.2, 0.25) is 0 Å². The van der Waals surface area contributed by atoms with E-state index in [-0.39, 0.29) is 5.56 Å². The van der Waals surface area contributed by atoms with E-state index in [2.05, 4.69) is 25.5 Å². The van der Waals surface area contributed by atoms with Crippen molar-refractivity contribution in [2.24, 2.45) is 5.92 Å². The van der Waals surface area contributed by atoms with Gasteiger partial charge in [-0.1, -0.05) is 26.3 Å². The van der Waals surface area contributed by atoms with E-state index >= 15 is 0 Å². The summed E-state index contributed by atoms with van der Waals surface area (Å²) in [4.78, 5) is 35.5. The van der Waals surface area contributed by atoms with Gasteiger partial charge in [0.05, 0.1) is 30.6 Å². The molecule has 2 aliphatic rings. The summed E-state index contributed by atoms with van der Waals surface area (Å²) < 4.78 is 35.4. The Labute approximate surface area is 228 Å². The van der Waals surface area contributed by atoms with Gasteiger partial charge in [0, 0.05) is 12.1 Å². The van der Waals surface area contributed by atoms with E-state index < -0.39 is 29.3 Å². The van der Waals surface area contributed by atoms with Crippen molar-refractivity contribution in [3.05, 3.63) is 42.0 Å². The number of carbonyl (C=O) groups excluding carboxylic acids is 2. The number of nitrogens with zero attached hydrogens (tertiary/aromatic N) is 3. The Kier molecular flexibility index (Phi) is 9.96. The Morgan fingerprint density at radius 2 is 1.85 bits per heavy atom. The number of piperidine rings is 2. The summed E-state index contributed by atoms with van der Waals surface area (Å²) in [6.45, 7) is 7.28. The number of hydrogen-bond donors (Lipinski definition) is 2. The summed E-state index contributed by atoms with van der Waals surface area (Å²) in [5.41, 5.74) is -0.912. The molecule has 0 saturated carbocycles. The molecule has 0 bridgehead atoms. The van der Waals surface area contributed by atoms with Crippen LogP contribution in [-0.2, 0) is 4.79 Å². The molecule has 0 spiro atoms. The molecule has 212 valence electrons. The van der Waals surface area contributed by atoms with Crippen LogP contribution in [0, 0.1) is 11.7 Å². The van der Waals surface area contributed by atoms with E-state index in [0.29, 0.717) is 55.5 Å². The van der Waals surface area contributed by atoms with Crippen LogP contribution in [0.25, 0.3) is 11.4 Å². The first-order valence-electron chi connectivity index (χ1n) is 14.0. The van der Waals surface area contributed by atoms with Gasteiger partial charge in [-0.15, -0.1) is 0 Å². The van der Waals surface area contributed by atoms with Crippen molar-refractivity contribution in [2.45, 2.75) is 70.5 Å². The Morgan fingerprint density at radius 3 is 2.46 bits per heavy atom. The van der Waals surface area contributed by atoms with Gasteiger partial charge in [-0.2, -0.15) is 0 Å². The first kappa shape index (κ1) is 29.0. The molecule has 1 aromatic heterocycles. The van der Waals surface area contributed by atoms with Gasteiger partial charge < -0.3 is 15.0 Å². The number of carbonyl (C=O) groups is 2. The lowest BCUT2D eigenvalue weighted by Gasteiger charge is -2.36. The number of alkyl halides is 1. The summed E-state index contributed by atoms with van der Waals surface area (Å²) in [5, 5.41) is 5.35. The normalized spacial score (nSPS) is 19.0. The van der Waals surface area contributed by atoms with E-state index in [1.54, 1.807) is 18.5 Å². The number of rotatable bonds is 10. The van der Waals surface area contributed by atoms with E-state index in [9.17, 15) is 18.4 Å². The number of likely N-dealkylation sites (tertiary alicyclic amines) is 1. The highest BCUT2D eigenvalue weighted by molar-refractivity contribution is 6.06. The molecule has 2 N–H and O–H groups in total. The van der Waals surface area contributed by atoms with Crippen LogP contribution in [-0.4, -0.2) is 71.2 Å². The molecule has 0 radical (unpaired) electrons. The highest BCUT2D eigenvalue weighted by atomic mass is 19.1. The number of aromatic nitrogens is 2. The number of ether oxygens (including phenoxy) is 1. The Balaban J connectivity index is 1.26. The third-order valence-electron chi connectivity index (χ3n) is 7.93. The lowest BCUT2D eigenvalue weighted by Crippen LogP contribution is -2.48. The quantitative estimate of drug-likeness (QED) is 0.432. The van der Waals surface area contributed by atoms with Gasteiger partial charge in [0.25, 0.3) is 5.91 Å². The number of amides is 2. The van der Waals surface area contributed by atoms with Gasteiger partial charge in [0.15, 0.2) is 11.6 Å². The second-order valence-electron chi connectivity index (χ2n) is 10.6. The zero-order valence-electron chi connectivity index (χ0n) is 22.8. The third-order valence-corrected chi connectivity index (χ3v) is 7.93. The van der Waals surface area contributed by atoms with Crippen molar-refractivity contribution in [1.29, 1.82) is 0 Å². The molecule has 2 saturated heterocycles. The summed E-state index contributed by atoms with van der Waals surface area (Å²) in [6, 6.07) is 3.63. The number of nitrogens with one attached hydrogen (secondary N) is 2. The molecule has 8 nitrogen and oxygen atoms in total. The van der Waals surface area contributed by atoms with E-state index in [1.807, 2.05) is 13.8 Å². The fourth-order valence-electron chi connectivity index (χ4n) is 5.12. The van der Waals surface area contributed by atoms with Crippen LogP contribution in [0.4, 0.5) is 8.78 Å². The molecule has 1 atom stereocenters. The second kappa shape index (κ2) is 13.4. The van der Waals surface area contributed by atoms with Crippen LogP contribution in [0.3, 0.4) is 0 Å². The van der Waals surface area contributed by atoms with Crippen molar-refractivity contribution in [3.8, 4) is 17.1 Å². The predicted molar refractivity (Wildman–Crippen MR) is 145 cm³/mol. The van der Waals surface area contributed by atoms with E-state index in [1.165, 1.54) is 12.1 Å². The van der Waals surface area contributed by atoms with Crippen LogP contribution < -0.4 is 15.4 Å². The molecule has 2 aliphatic heterocycles. The summed E-state index contributed by atoms with van der Waals surface area (Å²) in [7, 11) is 0. The zero-order chi connectivity index (χ0) is 27.8. The molecule has 0 aliphatic carbocycles. The van der Waals surface area contributed by atoms with E-state index in [4.69, 9.17) is 4.74 Å². The zero-order valence-corrected chi connectivity index (χ0v) is 22.8. The molecule has 2 fully saturated rings. The SMILES string of the molecule is CCC(F)(CC)CN1CCC(COc2cnc(-c3ccc(C(=O)NC(=O)C4CCCCN4)c(F)c3)nc2)CC1. The Hall–Kier alpha value is -2.98. The molecular weight excluding hydrogens is 504 g/mol. The van der Waals surface area contributed by atoms with Crippen molar-refractivity contribution in [2.75, 3.05) is 32.8 Å². The molecular formula is C29H39F2N5O3. The Morgan fingerprint density at radius 1 is 1.13 bits per heavy atom. The van der Waals surface area contributed by atoms with Crippen molar-refractivity contribution < 1.29 is 23.1 Å². The lowest BCUT2D eigenvalue weighted by atomic mass is 9.94. The Bertz CT molecular complexity index is 1110.